The molecule has 0 radical (unpaired) electrons. The highest BCUT2D eigenvalue weighted by Gasteiger charge is 2.01. The molecule has 0 atom stereocenters. The average Bonchev–Trinajstić information content (AvgIpc) is 2.48. The van der Waals surface area contributed by atoms with Gasteiger partial charge >= 0.3 is 0 Å². The van der Waals surface area contributed by atoms with Gasteiger partial charge in [-0.3, -0.25) is 0 Å². The van der Waals surface area contributed by atoms with E-state index in [0.717, 1.165) is 16.9 Å². The standard InChI is InChI=1S/C9H10N2O/c1-7-9-4-2-3-8(5-12)11(9)6-10-7/h2-4,6,12H,5H2,1H3. The van der Waals surface area contributed by atoms with Crippen LogP contribution in [0.2, 0.25) is 0 Å². The van der Waals surface area contributed by atoms with Crippen LogP contribution >= 0.6 is 0 Å². The molecular weight excluding hydrogens is 152 g/mol. The second-order valence-corrected chi connectivity index (χ2v) is 2.76. The van der Waals surface area contributed by atoms with Crippen LogP contribution in [0.25, 0.3) is 5.52 Å². The summed E-state index contributed by atoms with van der Waals surface area (Å²) in [6.07, 6.45) is 1.73. The number of aliphatic hydroxyl groups excluding tert-OH is 1. The van der Waals surface area contributed by atoms with Crippen molar-refractivity contribution in [2.24, 2.45) is 0 Å². The van der Waals surface area contributed by atoms with Crippen molar-refractivity contribution in [2.45, 2.75) is 13.5 Å². The lowest BCUT2D eigenvalue weighted by Crippen LogP contribution is -1.93. The van der Waals surface area contributed by atoms with E-state index in [9.17, 15) is 0 Å². The van der Waals surface area contributed by atoms with E-state index in [1.54, 1.807) is 6.33 Å². The summed E-state index contributed by atoms with van der Waals surface area (Å²) in [6.45, 7) is 2.00. The van der Waals surface area contributed by atoms with Gasteiger partial charge in [0.05, 0.1) is 24.1 Å². The highest BCUT2D eigenvalue weighted by molar-refractivity contribution is 5.52. The molecule has 1 N–H and O–H groups in total. The van der Waals surface area contributed by atoms with Crippen LogP contribution < -0.4 is 0 Å². The van der Waals surface area contributed by atoms with Gasteiger partial charge in [-0.05, 0) is 19.1 Å². The lowest BCUT2D eigenvalue weighted by molar-refractivity contribution is 0.275. The van der Waals surface area contributed by atoms with Crippen LogP contribution in [-0.2, 0) is 6.61 Å². The summed E-state index contributed by atoms with van der Waals surface area (Å²) in [6, 6.07) is 5.80. The van der Waals surface area contributed by atoms with Gasteiger partial charge < -0.3 is 9.51 Å². The summed E-state index contributed by atoms with van der Waals surface area (Å²) in [4.78, 5) is 4.16. The molecule has 3 heteroatoms. The molecule has 0 saturated heterocycles. The van der Waals surface area contributed by atoms with Gasteiger partial charge in [-0.25, -0.2) is 4.98 Å². The number of pyridine rings is 1. The number of hydrogen-bond acceptors (Lipinski definition) is 2. The summed E-state index contributed by atoms with van der Waals surface area (Å²) < 4.78 is 1.90. The average molecular weight is 162 g/mol. The maximum absolute atomic E-state index is 9.00. The summed E-state index contributed by atoms with van der Waals surface area (Å²) >= 11 is 0. The van der Waals surface area contributed by atoms with E-state index in [4.69, 9.17) is 5.11 Å². The van der Waals surface area contributed by atoms with Crippen molar-refractivity contribution in [3.8, 4) is 0 Å². The fourth-order valence-electron chi connectivity index (χ4n) is 1.34. The largest absolute Gasteiger partial charge is 0.390 e. The minimum Gasteiger partial charge on any atom is -0.390 e. The molecule has 62 valence electrons. The number of aryl methyl sites for hydroxylation is 1. The summed E-state index contributed by atoms with van der Waals surface area (Å²) in [5.41, 5.74) is 2.92. The molecule has 3 nitrogen and oxygen atoms in total. The Balaban J connectivity index is 2.81. The van der Waals surface area contributed by atoms with Crippen LogP contribution in [0.4, 0.5) is 0 Å². The molecule has 0 aromatic carbocycles. The van der Waals surface area contributed by atoms with Gasteiger partial charge in [0.25, 0.3) is 0 Å². The molecule has 0 bridgehead atoms. The number of rotatable bonds is 1. The Morgan fingerprint density at radius 1 is 1.50 bits per heavy atom. The Bertz CT molecular complexity index is 406. The Hall–Kier alpha value is -1.35. The van der Waals surface area contributed by atoms with Crippen LogP contribution in [0.15, 0.2) is 24.5 Å². The molecule has 0 spiro atoms. The van der Waals surface area contributed by atoms with Crippen LogP contribution in [0, 0.1) is 6.92 Å². The van der Waals surface area contributed by atoms with Crippen LogP contribution in [0.3, 0.4) is 0 Å². The topological polar surface area (TPSA) is 37.5 Å². The Kier molecular flexibility index (Phi) is 1.59. The molecule has 0 aliphatic heterocycles. The molecule has 2 heterocycles. The van der Waals surface area contributed by atoms with Gasteiger partial charge in [0, 0.05) is 5.69 Å². The first kappa shape index (κ1) is 7.31. The molecule has 0 fully saturated rings. The molecule has 0 aliphatic rings. The molecule has 12 heavy (non-hydrogen) atoms. The highest BCUT2D eigenvalue weighted by Crippen LogP contribution is 2.10. The second-order valence-electron chi connectivity index (χ2n) is 2.76. The van der Waals surface area contributed by atoms with Crippen molar-refractivity contribution < 1.29 is 5.11 Å². The molecule has 0 amide bonds. The van der Waals surface area contributed by atoms with Crippen LogP contribution in [0.1, 0.15) is 11.4 Å². The monoisotopic (exact) mass is 162 g/mol. The predicted molar refractivity (Wildman–Crippen MR) is 45.9 cm³/mol. The lowest BCUT2D eigenvalue weighted by atomic mass is 10.3. The third kappa shape index (κ3) is 0.905. The van der Waals surface area contributed by atoms with Gasteiger partial charge in [-0.15, -0.1) is 0 Å². The van der Waals surface area contributed by atoms with Gasteiger partial charge in [0.15, 0.2) is 0 Å². The number of fused-ring (bicyclic) bond motifs is 1. The van der Waals surface area contributed by atoms with E-state index >= 15 is 0 Å². The number of nitrogens with zero attached hydrogens (tertiary/aromatic N) is 2. The molecule has 0 aliphatic carbocycles. The van der Waals surface area contributed by atoms with Gasteiger partial charge in [0.1, 0.15) is 0 Å². The Morgan fingerprint density at radius 2 is 2.33 bits per heavy atom. The number of aliphatic hydroxyl groups is 1. The molecular formula is C9H10N2O. The number of aromatic nitrogens is 2. The highest BCUT2D eigenvalue weighted by atomic mass is 16.3. The zero-order valence-corrected chi connectivity index (χ0v) is 6.86. The van der Waals surface area contributed by atoms with Gasteiger partial charge in [-0.2, -0.15) is 0 Å². The van der Waals surface area contributed by atoms with Crippen LogP contribution in [0.5, 0.6) is 0 Å². The third-order valence-corrected chi connectivity index (χ3v) is 2.01. The van der Waals surface area contributed by atoms with Crippen molar-refractivity contribution in [3.05, 3.63) is 35.9 Å². The molecule has 0 saturated carbocycles. The SMILES string of the molecule is Cc1ncn2c(CO)cccc12. The Labute approximate surface area is 70.3 Å². The van der Waals surface area contributed by atoms with E-state index in [-0.39, 0.29) is 6.61 Å². The fourth-order valence-corrected chi connectivity index (χ4v) is 1.34. The first-order valence-electron chi connectivity index (χ1n) is 3.85. The van der Waals surface area contributed by atoms with Crippen molar-refractivity contribution in [2.75, 3.05) is 0 Å². The quantitative estimate of drug-likeness (QED) is 0.682. The first-order valence-corrected chi connectivity index (χ1v) is 3.85. The summed E-state index contributed by atoms with van der Waals surface area (Å²) in [7, 11) is 0. The first-order chi connectivity index (χ1) is 5.83. The normalized spacial score (nSPS) is 10.8. The smallest absolute Gasteiger partial charge is 0.0998 e. The lowest BCUT2D eigenvalue weighted by Gasteiger charge is -2.00. The zero-order chi connectivity index (χ0) is 8.55. The number of imidazole rings is 1. The molecule has 2 rings (SSSR count). The van der Waals surface area contributed by atoms with E-state index in [1.165, 1.54) is 0 Å². The summed E-state index contributed by atoms with van der Waals surface area (Å²) in [5, 5.41) is 9.00. The maximum Gasteiger partial charge on any atom is 0.0998 e. The van der Waals surface area contributed by atoms with E-state index in [2.05, 4.69) is 4.98 Å². The van der Waals surface area contributed by atoms with Crippen LogP contribution in [-0.4, -0.2) is 14.5 Å². The molecule has 2 aromatic heterocycles. The van der Waals surface area contributed by atoms with Gasteiger partial charge in [-0.1, -0.05) is 6.07 Å². The van der Waals surface area contributed by atoms with E-state index in [0.29, 0.717) is 0 Å². The zero-order valence-electron chi connectivity index (χ0n) is 6.86. The second kappa shape index (κ2) is 2.60. The number of hydrogen-bond donors (Lipinski definition) is 1. The Morgan fingerprint density at radius 3 is 3.08 bits per heavy atom. The molecule has 2 aromatic rings. The minimum atomic E-state index is 0.0487. The maximum atomic E-state index is 9.00. The third-order valence-electron chi connectivity index (χ3n) is 2.01. The van der Waals surface area contributed by atoms with E-state index < -0.39 is 0 Å². The molecule has 0 unspecified atom stereocenters. The summed E-state index contributed by atoms with van der Waals surface area (Å²) in [5.74, 6) is 0. The van der Waals surface area contributed by atoms with Gasteiger partial charge in [0.2, 0.25) is 0 Å². The van der Waals surface area contributed by atoms with E-state index in [1.807, 2.05) is 29.5 Å². The fraction of sp³-hybridized carbons (Fsp3) is 0.222. The predicted octanol–water partition coefficient (Wildman–Crippen LogP) is 1.14. The minimum absolute atomic E-state index is 0.0487. The van der Waals surface area contributed by atoms with Crippen molar-refractivity contribution in [3.63, 3.8) is 0 Å². The van der Waals surface area contributed by atoms with Crippen molar-refractivity contribution >= 4 is 5.52 Å². The van der Waals surface area contributed by atoms with Crippen molar-refractivity contribution in [1.29, 1.82) is 0 Å². The van der Waals surface area contributed by atoms with Crippen molar-refractivity contribution in [1.82, 2.24) is 9.38 Å².